The lowest BCUT2D eigenvalue weighted by molar-refractivity contribution is 0.0264. The molecule has 0 radical (unpaired) electrons. The normalized spacial score (nSPS) is 28.4. The van der Waals surface area contributed by atoms with Gasteiger partial charge in [0.05, 0.1) is 12.2 Å². The first-order valence-corrected chi connectivity index (χ1v) is 8.40. The Morgan fingerprint density at radius 1 is 1.29 bits per heavy atom. The molecule has 0 saturated carbocycles. The van der Waals surface area contributed by atoms with Gasteiger partial charge in [0.15, 0.2) is 0 Å². The Morgan fingerprint density at radius 3 is 2.95 bits per heavy atom. The van der Waals surface area contributed by atoms with E-state index >= 15 is 0 Å². The predicted octanol–water partition coefficient (Wildman–Crippen LogP) is 3.62. The van der Waals surface area contributed by atoms with Gasteiger partial charge in [0.25, 0.3) is 0 Å². The van der Waals surface area contributed by atoms with Gasteiger partial charge in [0.2, 0.25) is 0 Å². The molecule has 0 spiro atoms. The van der Waals surface area contributed by atoms with Gasteiger partial charge in [-0.15, -0.1) is 0 Å². The topological polar surface area (TPSA) is 30.5 Å². The Labute approximate surface area is 128 Å². The first-order chi connectivity index (χ1) is 10.3. The van der Waals surface area contributed by atoms with Crippen molar-refractivity contribution in [3.63, 3.8) is 0 Å². The molecule has 0 aromatic heterocycles. The molecule has 3 unspecified atom stereocenters. The molecule has 1 saturated heterocycles. The Kier molecular flexibility index (Phi) is 4.81. The van der Waals surface area contributed by atoms with E-state index in [4.69, 9.17) is 9.47 Å². The number of rotatable bonds is 5. The summed E-state index contributed by atoms with van der Waals surface area (Å²) in [5, 5.41) is 3.59. The smallest absolute Gasteiger partial charge is 0.119 e. The van der Waals surface area contributed by atoms with Crippen LogP contribution in [0.15, 0.2) is 18.2 Å². The Bertz CT molecular complexity index is 474. The van der Waals surface area contributed by atoms with Crippen molar-refractivity contribution < 1.29 is 9.47 Å². The number of hydrogen-bond donors (Lipinski definition) is 1. The second kappa shape index (κ2) is 6.80. The lowest BCUT2D eigenvalue weighted by atomic mass is 9.87. The van der Waals surface area contributed by atoms with Crippen LogP contribution in [0, 0.1) is 0 Å². The van der Waals surface area contributed by atoms with E-state index < -0.39 is 0 Å². The Morgan fingerprint density at radius 2 is 2.19 bits per heavy atom. The van der Waals surface area contributed by atoms with E-state index in [9.17, 15) is 0 Å². The van der Waals surface area contributed by atoms with Gasteiger partial charge in [0.1, 0.15) is 12.4 Å². The number of aryl methyl sites for hydroxylation is 1. The largest absolute Gasteiger partial charge is 0.491 e. The van der Waals surface area contributed by atoms with Crippen molar-refractivity contribution in [3.8, 4) is 5.75 Å². The average molecular weight is 289 g/mol. The fraction of sp³-hybridized carbons (Fsp3) is 0.667. The summed E-state index contributed by atoms with van der Waals surface area (Å²) < 4.78 is 11.8. The fourth-order valence-corrected chi connectivity index (χ4v) is 3.52. The number of fused-ring (bicyclic) bond motifs is 1. The molecule has 0 amide bonds. The molecule has 21 heavy (non-hydrogen) atoms. The van der Waals surface area contributed by atoms with Crippen LogP contribution in [-0.2, 0) is 11.2 Å². The predicted molar refractivity (Wildman–Crippen MR) is 84.9 cm³/mol. The van der Waals surface area contributed by atoms with Gasteiger partial charge < -0.3 is 14.8 Å². The highest BCUT2D eigenvalue weighted by Crippen LogP contribution is 2.32. The van der Waals surface area contributed by atoms with Crippen molar-refractivity contribution in [1.82, 2.24) is 5.32 Å². The first kappa shape index (κ1) is 14.9. The third-order valence-corrected chi connectivity index (χ3v) is 4.64. The van der Waals surface area contributed by atoms with E-state index in [0.717, 1.165) is 25.1 Å². The van der Waals surface area contributed by atoms with Crippen molar-refractivity contribution >= 4 is 0 Å². The van der Waals surface area contributed by atoms with E-state index in [-0.39, 0.29) is 6.10 Å². The second-order valence-corrected chi connectivity index (χ2v) is 6.32. The fourth-order valence-electron chi connectivity index (χ4n) is 3.52. The molecule has 2 aliphatic rings. The molecule has 0 bridgehead atoms. The second-order valence-electron chi connectivity index (χ2n) is 6.32. The maximum Gasteiger partial charge on any atom is 0.119 e. The molecule has 1 aliphatic carbocycles. The van der Waals surface area contributed by atoms with Crippen LogP contribution in [-0.4, -0.2) is 25.4 Å². The van der Waals surface area contributed by atoms with E-state index in [1.807, 2.05) is 0 Å². The van der Waals surface area contributed by atoms with E-state index in [1.54, 1.807) is 0 Å². The molecule has 1 aromatic carbocycles. The first-order valence-electron chi connectivity index (χ1n) is 8.40. The van der Waals surface area contributed by atoms with Crippen molar-refractivity contribution in [2.75, 3.05) is 13.2 Å². The standard InChI is InChI=1S/C18H27NO2/c1-3-19-18-6-4-5-14-8-10-15(11-17(14)18)20-12-16-9-7-13(2)21-16/h8,10-11,13,16,18-19H,3-7,9,12H2,1-2H3. The quantitative estimate of drug-likeness (QED) is 0.898. The zero-order valence-corrected chi connectivity index (χ0v) is 13.2. The van der Waals surface area contributed by atoms with Crippen LogP contribution in [0.5, 0.6) is 5.75 Å². The van der Waals surface area contributed by atoms with E-state index in [2.05, 4.69) is 37.4 Å². The minimum Gasteiger partial charge on any atom is -0.491 e. The summed E-state index contributed by atoms with van der Waals surface area (Å²) in [4.78, 5) is 0. The molecule has 1 aliphatic heterocycles. The Balaban J connectivity index is 1.65. The third kappa shape index (κ3) is 3.58. The van der Waals surface area contributed by atoms with Crippen LogP contribution in [0.4, 0.5) is 0 Å². The van der Waals surface area contributed by atoms with Crippen LogP contribution >= 0.6 is 0 Å². The monoisotopic (exact) mass is 289 g/mol. The van der Waals surface area contributed by atoms with Crippen LogP contribution in [0.25, 0.3) is 0 Å². The number of benzene rings is 1. The zero-order valence-electron chi connectivity index (χ0n) is 13.2. The minimum atomic E-state index is 0.264. The highest BCUT2D eigenvalue weighted by Gasteiger charge is 2.23. The number of ether oxygens (including phenoxy) is 2. The van der Waals surface area contributed by atoms with Crippen molar-refractivity contribution in [1.29, 1.82) is 0 Å². The van der Waals surface area contributed by atoms with Gasteiger partial charge in [-0.25, -0.2) is 0 Å². The summed E-state index contributed by atoms with van der Waals surface area (Å²) in [5.74, 6) is 0.988. The maximum absolute atomic E-state index is 5.98. The minimum absolute atomic E-state index is 0.264. The van der Waals surface area contributed by atoms with Crippen LogP contribution in [0.2, 0.25) is 0 Å². The van der Waals surface area contributed by atoms with Crippen molar-refractivity contribution in [2.45, 2.75) is 64.2 Å². The summed E-state index contributed by atoms with van der Waals surface area (Å²) in [6.45, 7) is 6.01. The lowest BCUT2D eigenvalue weighted by Crippen LogP contribution is -2.25. The molecule has 3 atom stereocenters. The maximum atomic E-state index is 5.98. The molecule has 3 heteroatoms. The van der Waals surface area contributed by atoms with E-state index in [0.29, 0.717) is 18.8 Å². The molecule has 1 aromatic rings. The molecular formula is C18H27NO2. The zero-order chi connectivity index (χ0) is 14.7. The van der Waals surface area contributed by atoms with E-state index in [1.165, 1.54) is 30.4 Å². The summed E-state index contributed by atoms with van der Waals surface area (Å²) in [6.07, 6.45) is 6.63. The van der Waals surface area contributed by atoms with Gasteiger partial charge in [-0.1, -0.05) is 13.0 Å². The van der Waals surface area contributed by atoms with Gasteiger partial charge in [-0.2, -0.15) is 0 Å². The number of hydrogen-bond acceptors (Lipinski definition) is 3. The lowest BCUT2D eigenvalue weighted by Gasteiger charge is -2.27. The molecule has 1 N–H and O–H groups in total. The van der Waals surface area contributed by atoms with Crippen molar-refractivity contribution in [3.05, 3.63) is 29.3 Å². The molecular weight excluding hydrogens is 262 g/mol. The SMILES string of the molecule is CCNC1CCCc2ccc(OCC3CCC(C)O3)cc21. The molecule has 1 fully saturated rings. The van der Waals surface area contributed by atoms with Gasteiger partial charge in [0, 0.05) is 6.04 Å². The molecule has 116 valence electrons. The molecule has 3 nitrogen and oxygen atoms in total. The summed E-state index contributed by atoms with van der Waals surface area (Å²) >= 11 is 0. The van der Waals surface area contributed by atoms with Crippen LogP contribution in [0.1, 0.15) is 56.7 Å². The molecule has 3 rings (SSSR count). The highest BCUT2D eigenvalue weighted by atomic mass is 16.5. The molecule has 1 heterocycles. The Hall–Kier alpha value is -1.06. The van der Waals surface area contributed by atoms with Crippen LogP contribution < -0.4 is 10.1 Å². The van der Waals surface area contributed by atoms with Gasteiger partial charge in [-0.3, -0.25) is 0 Å². The van der Waals surface area contributed by atoms with Gasteiger partial charge >= 0.3 is 0 Å². The van der Waals surface area contributed by atoms with Gasteiger partial charge in [-0.05, 0) is 68.8 Å². The summed E-state index contributed by atoms with van der Waals surface area (Å²) in [6, 6.07) is 7.09. The third-order valence-electron chi connectivity index (χ3n) is 4.64. The van der Waals surface area contributed by atoms with Crippen LogP contribution in [0.3, 0.4) is 0 Å². The van der Waals surface area contributed by atoms with Crippen molar-refractivity contribution in [2.24, 2.45) is 0 Å². The summed E-state index contributed by atoms with van der Waals surface area (Å²) in [7, 11) is 0. The summed E-state index contributed by atoms with van der Waals surface area (Å²) in [5.41, 5.74) is 2.91. The highest BCUT2D eigenvalue weighted by molar-refractivity contribution is 5.39. The number of nitrogens with one attached hydrogen (secondary N) is 1. The average Bonchev–Trinajstić information content (AvgIpc) is 2.91.